The molecule has 2 unspecified atom stereocenters. The van der Waals surface area contributed by atoms with Gasteiger partial charge in [-0.05, 0) is 46.5 Å². The molecule has 0 saturated carbocycles. The molecule has 2 rings (SSSR count). The van der Waals surface area contributed by atoms with Crippen LogP contribution in [0.2, 0.25) is 5.02 Å². The van der Waals surface area contributed by atoms with Gasteiger partial charge in [0.05, 0.1) is 0 Å². The number of hydrogen-bond acceptors (Lipinski definition) is 1. The first-order valence-corrected chi connectivity index (χ1v) is 6.78. The van der Waals surface area contributed by atoms with Crippen molar-refractivity contribution in [2.75, 3.05) is 6.61 Å². The maximum atomic E-state index is 5.95. The van der Waals surface area contributed by atoms with E-state index in [9.17, 15) is 0 Å². The Morgan fingerprint density at radius 2 is 2.00 bits per heavy atom. The Balaban J connectivity index is 2.41. The van der Waals surface area contributed by atoms with E-state index in [1.54, 1.807) is 0 Å². The highest BCUT2D eigenvalue weighted by Gasteiger charge is 2.51. The van der Waals surface area contributed by atoms with Crippen molar-refractivity contribution in [2.24, 2.45) is 5.41 Å². The summed E-state index contributed by atoms with van der Waals surface area (Å²) in [4.78, 5) is 0. The van der Waals surface area contributed by atoms with Gasteiger partial charge in [-0.1, -0.05) is 37.6 Å². The van der Waals surface area contributed by atoms with Crippen LogP contribution in [0.15, 0.2) is 24.3 Å². The smallest absolute Gasteiger partial charge is 0.153 e. The van der Waals surface area contributed by atoms with Crippen LogP contribution in [-0.4, -0.2) is 6.61 Å². The first kappa shape index (κ1) is 12.4. The molecule has 0 N–H and O–H groups in total. The molecule has 1 aliphatic heterocycles. The summed E-state index contributed by atoms with van der Waals surface area (Å²) < 4.78 is 5.58. The van der Waals surface area contributed by atoms with Crippen molar-refractivity contribution in [2.45, 2.75) is 31.2 Å². The lowest BCUT2D eigenvalue weighted by Gasteiger charge is -2.37. The molecule has 1 nitrogen and oxygen atoms in total. The average Bonchev–Trinajstić information content (AvgIpc) is 2.58. The van der Waals surface area contributed by atoms with Gasteiger partial charge in [-0.2, -0.15) is 0 Å². The molecule has 16 heavy (non-hydrogen) atoms. The molecule has 1 aromatic carbocycles. The monoisotopic (exact) mass is 302 g/mol. The Hall–Kier alpha value is -0.0500. The fourth-order valence-electron chi connectivity index (χ4n) is 2.25. The summed E-state index contributed by atoms with van der Waals surface area (Å²) in [5.74, 6) is 0. The van der Waals surface area contributed by atoms with E-state index in [1.807, 2.05) is 24.3 Å². The van der Waals surface area contributed by atoms with Crippen molar-refractivity contribution in [3.63, 3.8) is 0 Å². The molecule has 1 saturated heterocycles. The highest BCUT2D eigenvalue weighted by molar-refractivity contribution is 9.09. The molecule has 3 heteroatoms. The lowest BCUT2D eigenvalue weighted by atomic mass is 9.78. The normalized spacial score (nSPS) is 34.2. The van der Waals surface area contributed by atoms with Crippen LogP contribution in [-0.2, 0) is 9.25 Å². The molecule has 0 spiro atoms. The number of benzene rings is 1. The summed E-state index contributed by atoms with van der Waals surface area (Å²) in [7, 11) is 0. The van der Waals surface area contributed by atoms with Crippen LogP contribution in [0.5, 0.6) is 0 Å². The number of hydrogen-bond donors (Lipinski definition) is 0. The van der Waals surface area contributed by atoms with Crippen molar-refractivity contribution >= 4 is 27.5 Å². The first-order chi connectivity index (χ1) is 7.52. The quantitative estimate of drug-likeness (QED) is 0.718. The average molecular weight is 304 g/mol. The van der Waals surface area contributed by atoms with E-state index >= 15 is 0 Å². The summed E-state index contributed by atoms with van der Waals surface area (Å²) in [6, 6.07) is 7.90. The number of rotatable bonds is 2. The summed E-state index contributed by atoms with van der Waals surface area (Å²) >= 11 is 9.71. The van der Waals surface area contributed by atoms with E-state index in [0.717, 1.165) is 30.0 Å². The van der Waals surface area contributed by atoms with Gasteiger partial charge in [0.15, 0.2) is 4.51 Å². The molecule has 0 aromatic heterocycles. The van der Waals surface area contributed by atoms with Gasteiger partial charge in [0.1, 0.15) is 0 Å². The third-order valence-corrected chi connectivity index (χ3v) is 5.62. The van der Waals surface area contributed by atoms with Crippen molar-refractivity contribution in [3.05, 3.63) is 34.9 Å². The Labute approximate surface area is 110 Å². The van der Waals surface area contributed by atoms with Gasteiger partial charge in [0, 0.05) is 17.0 Å². The number of alkyl halides is 1. The lowest BCUT2D eigenvalue weighted by molar-refractivity contribution is 0.0257. The Morgan fingerprint density at radius 3 is 2.56 bits per heavy atom. The van der Waals surface area contributed by atoms with Crippen LogP contribution >= 0.6 is 27.5 Å². The van der Waals surface area contributed by atoms with E-state index in [4.69, 9.17) is 16.3 Å². The van der Waals surface area contributed by atoms with Gasteiger partial charge in [0.25, 0.3) is 0 Å². The zero-order chi connectivity index (χ0) is 11.8. The molecule has 0 amide bonds. The Bertz CT molecular complexity index is 378. The van der Waals surface area contributed by atoms with E-state index in [0.29, 0.717) is 0 Å². The Morgan fingerprint density at radius 1 is 1.38 bits per heavy atom. The third-order valence-electron chi connectivity index (χ3n) is 3.73. The predicted molar refractivity (Wildman–Crippen MR) is 71.0 cm³/mol. The van der Waals surface area contributed by atoms with Crippen molar-refractivity contribution in [1.29, 1.82) is 0 Å². The second-order valence-corrected chi connectivity index (χ2v) is 6.17. The largest absolute Gasteiger partial charge is 0.359 e. The van der Waals surface area contributed by atoms with Gasteiger partial charge in [-0.15, -0.1) is 0 Å². The predicted octanol–water partition coefficient (Wildman–Crippen LogP) is 4.72. The molecule has 0 bridgehead atoms. The SMILES string of the molecule is CCC1(C)CCOC1(Br)c1ccc(Cl)cc1. The molecule has 1 aliphatic rings. The van der Waals surface area contributed by atoms with Crippen LogP contribution in [0, 0.1) is 5.41 Å². The molecule has 1 fully saturated rings. The van der Waals surface area contributed by atoms with Crippen molar-refractivity contribution in [3.8, 4) is 0 Å². The van der Waals surface area contributed by atoms with Crippen molar-refractivity contribution in [1.82, 2.24) is 0 Å². The standard InChI is InChI=1S/C13H16BrClO/c1-3-12(2)8-9-16-13(12,14)10-4-6-11(15)7-5-10/h4-7H,3,8-9H2,1-2H3. The van der Waals surface area contributed by atoms with Crippen LogP contribution in [0.3, 0.4) is 0 Å². The third kappa shape index (κ3) is 1.81. The zero-order valence-corrected chi connectivity index (χ0v) is 11.9. The highest BCUT2D eigenvalue weighted by atomic mass is 79.9. The molecule has 2 atom stereocenters. The maximum absolute atomic E-state index is 5.95. The maximum Gasteiger partial charge on any atom is 0.153 e. The summed E-state index contributed by atoms with van der Waals surface area (Å²) in [5, 5.41) is 0.760. The van der Waals surface area contributed by atoms with Gasteiger partial charge < -0.3 is 4.74 Å². The minimum absolute atomic E-state index is 0.140. The van der Waals surface area contributed by atoms with E-state index in [2.05, 4.69) is 29.8 Å². The molecule has 0 aliphatic carbocycles. The second kappa shape index (κ2) is 4.32. The fourth-order valence-corrected chi connectivity index (χ4v) is 3.28. The van der Waals surface area contributed by atoms with Gasteiger partial charge in [-0.25, -0.2) is 0 Å². The van der Waals surface area contributed by atoms with Crippen molar-refractivity contribution < 1.29 is 4.74 Å². The summed E-state index contributed by atoms with van der Waals surface area (Å²) in [6.45, 7) is 5.28. The number of halogens is 2. The Kier molecular flexibility index (Phi) is 3.35. The van der Waals surface area contributed by atoms with Crippen LogP contribution in [0.1, 0.15) is 32.3 Å². The first-order valence-electron chi connectivity index (χ1n) is 5.61. The van der Waals surface area contributed by atoms with Crippen LogP contribution in [0.25, 0.3) is 0 Å². The number of ether oxygens (including phenoxy) is 1. The second-order valence-electron chi connectivity index (χ2n) is 4.61. The highest BCUT2D eigenvalue weighted by Crippen LogP contribution is 2.56. The summed E-state index contributed by atoms with van der Waals surface area (Å²) in [6.07, 6.45) is 2.16. The van der Waals surface area contributed by atoms with Gasteiger partial charge in [0.2, 0.25) is 0 Å². The summed E-state index contributed by atoms with van der Waals surface area (Å²) in [5.41, 5.74) is 1.29. The van der Waals surface area contributed by atoms with Gasteiger partial charge in [-0.3, -0.25) is 0 Å². The minimum Gasteiger partial charge on any atom is -0.359 e. The van der Waals surface area contributed by atoms with E-state index in [1.165, 1.54) is 0 Å². The lowest BCUT2D eigenvalue weighted by Crippen LogP contribution is -2.34. The molecule has 1 aromatic rings. The topological polar surface area (TPSA) is 9.23 Å². The minimum atomic E-state index is -0.362. The van der Waals surface area contributed by atoms with E-state index < -0.39 is 0 Å². The van der Waals surface area contributed by atoms with Crippen LogP contribution in [0.4, 0.5) is 0 Å². The fraction of sp³-hybridized carbons (Fsp3) is 0.538. The van der Waals surface area contributed by atoms with Crippen LogP contribution < -0.4 is 0 Å². The zero-order valence-electron chi connectivity index (χ0n) is 9.59. The molecular weight excluding hydrogens is 287 g/mol. The molecule has 1 heterocycles. The molecule has 0 radical (unpaired) electrons. The molecular formula is C13H16BrClO. The van der Waals surface area contributed by atoms with E-state index in [-0.39, 0.29) is 9.93 Å². The molecule has 88 valence electrons. The van der Waals surface area contributed by atoms with Gasteiger partial charge >= 0.3 is 0 Å².